The van der Waals surface area contributed by atoms with Gasteiger partial charge in [0.25, 0.3) is 0 Å². The molecule has 0 aromatic rings. The molecule has 5 heteroatoms. The highest BCUT2D eigenvalue weighted by Gasteiger charge is 2.17. The largest absolute Gasteiger partial charge is 0.317 e. The van der Waals surface area contributed by atoms with Crippen molar-refractivity contribution >= 4 is 9.84 Å². The average molecular weight is 220 g/mol. The van der Waals surface area contributed by atoms with Crippen molar-refractivity contribution in [3.05, 3.63) is 0 Å². The maximum Gasteiger partial charge on any atom is 0.148 e. The molecule has 1 heterocycles. The summed E-state index contributed by atoms with van der Waals surface area (Å²) in [5.41, 5.74) is 0. The van der Waals surface area contributed by atoms with Crippen LogP contribution in [0, 0.1) is 0 Å². The minimum absolute atomic E-state index is 0.0631. The molecule has 1 rings (SSSR count). The van der Waals surface area contributed by atoms with E-state index in [9.17, 15) is 8.42 Å². The van der Waals surface area contributed by atoms with Crippen LogP contribution in [0.2, 0.25) is 0 Å². The van der Waals surface area contributed by atoms with Gasteiger partial charge in [-0.15, -0.1) is 0 Å². The lowest BCUT2D eigenvalue weighted by Gasteiger charge is -2.26. The molecule has 1 unspecified atom stereocenters. The second-order valence-electron chi connectivity index (χ2n) is 4.18. The molecule has 0 radical (unpaired) electrons. The third-order valence-corrected chi connectivity index (χ3v) is 3.52. The first-order chi connectivity index (χ1) is 6.47. The maximum atomic E-state index is 11.0. The van der Waals surface area contributed by atoms with Crippen molar-refractivity contribution in [1.82, 2.24) is 10.6 Å². The molecule has 1 atom stereocenters. The van der Waals surface area contributed by atoms with Crippen LogP contribution in [0.1, 0.15) is 19.8 Å². The Morgan fingerprint density at radius 3 is 2.50 bits per heavy atom. The van der Waals surface area contributed by atoms with Crippen LogP contribution in [0.15, 0.2) is 0 Å². The summed E-state index contributed by atoms with van der Waals surface area (Å²) >= 11 is 0. The van der Waals surface area contributed by atoms with Crippen LogP contribution in [0.4, 0.5) is 0 Å². The SMILES string of the molecule is CC(CS(C)(=O)=O)NC1CCNCC1. The molecule has 0 spiro atoms. The van der Waals surface area contributed by atoms with E-state index in [0.717, 1.165) is 25.9 Å². The molecule has 0 aliphatic carbocycles. The fourth-order valence-corrected chi connectivity index (χ4v) is 2.90. The zero-order valence-corrected chi connectivity index (χ0v) is 9.73. The van der Waals surface area contributed by atoms with E-state index in [1.54, 1.807) is 0 Å². The molecule has 84 valence electrons. The van der Waals surface area contributed by atoms with E-state index in [1.807, 2.05) is 6.92 Å². The number of rotatable bonds is 4. The van der Waals surface area contributed by atoms with E-state index >= 15 is 0 Å². The zero-order chi connectivity index (χ0) is 10.6. The zero-order valence-electron chi connectivity index (χ0n) is 8.91. The normalized spacial score (nSPS) is 22.1. The summed E-state index contributed by atoms with van der Waals surface area (Å²) in [6.45, 7) is 4.00. The average Bonchev–Trinajstić information content (AvgIpc) is 2.02. The molecule has 1 fully saturated rings. The lowest BCUT2D eigenvalue weighted by atomic mass is 10.1. The van der Waals surface area contributed by atoms with Crippen LogP contribution in [0.3, 0.4) is 0 Å². The molecule has 0 aromatic heterocycles. The monoisotopic (exact) mass is 220 g/mol. The van der Waals surface area contributed by atoms with Crippen LogP contribution in [-0.4, -0.2) is 45.6 Å². The highest BCUT2D eigenvalue weighted by atomic mass is 32.2. The predicted octanol–water partition coefficient (Wildman–Crippen LogP) is -0.239. The van der Waals surface area contributed by atoms with Crippen molar-refractivity contribution in [3.8, 4) is 0 Å². The summed E-state index contributed by atoms with van der Waals surface area (Å²) in [7, 11) is -2.85. The minimum Gasteiger partial charge on any atom is -0.317 e. The first-order valence-electron chi connectivity index (χ1n) is 5.12. The lowest BCUT2D eigenvalue weighted by molar-refractivity contribution is 0.365. The van der Waals surface area contributed by atoms with Crippen LogP contribution < -0.4 is 10.6 Å². The van der Waals surface area contributed by atoms with Gasteiger partial charge in [0.2, 0.25) is 0 Å². The van der Waals surface area contributed by atoms with Crippen molar-refractivity contribution in [3.63, 3.8) is 0 Å². The lowest BCUT2D eigenvalue weighted by Crippen LogP contribution is -2.45. The molecular formula is C9H20N2O2S. The number of piperidine rings is 1. The standard InChI is InChI=1S/C9H20N2O2S/c1-8(7-14(2,12)13)11-9-3-5-10-6-4-9/h8-11H,3-7H2,1-2H3. The van der Waals surface area contributed by atoms with Gasteiger partial charge in [-0.1, -0.05) is 0 Å². The quantitative estimate of drug-likeness (QED) is 0.686. The van der Waals surface area contributed by atoms with E-state index in [4.69, 9.17) is 0 Å². The van der Waals surface area contributed by atoms with Crippen LogP contribution >= 0.6 is 0 Å². The van der Waals surface area contributed by atoms with Gasteiger partial charge in [0, 0.05) is 18.3 Å². The van der Waals surface area contributed by atoms with E-state index in [2.05, 4.69) is 10.6 Å². The summed E-state index contributed by atoms with van der Waals surface area (Å²) in [5.74, 6) is 0.233. The van der Waals surface area contributed by atoms with E-state index < -0.39 is 9.84 Å². The van der Waals surface area contributed by atoms with E-state index in [1.165, 1.54) is 6.26 Å². The van der Waals surface area contributed by atoms with Gasteiger partial charge in [-0.2, -0.15) is 0 Å². The fraction of sp³-hybridized carbons (Fsp3) is 1.00. The Morgan fingerprint density at radius 1 is 1.43 bits per heavy atom. The Labute approximate surface area is 86.4 Å². The Balaban J connectivity index is 2.28. The molecule has 2 N–H and O–H groups in total. The third kappa shape index (κ3) is 4.93. The fourth-order valence-electron chi connectivity index (χ4n) is 1.89. The molecule has 0 amide bonds. The smallest absolute Gasteiger partial charge is 0.148 e. The van der Waals surface area contributed by atoms with Crippen molar-refractivity contribution in [1.29, 1.82) is 0 Å². The molecule has 0 saturated carbocycles. The van der Waals surface area contributed by atoms with Gasteiger partial charge in [-0.05, 0) is 32.9 Å². The molecule has 14 heavy (non-hydrogen) atoms. The topological polar surface area (TPSA) is 58.2 Å². The van der Waals surface area contributed by atoms with Gasteiger partial charge in [0.1, 0.15) is 9.84 Å². The third-order valence-electron chi connectivity index (χ3n) is 2.41. The van der Waals surface area contributed by atoms with Crippen LogP contribution in [-0.2, 0) is 9.84 Å². The predicted molar refractivity (Wildman–Crippen MR) is 58.2 cm³/mol. The number of nitrogens with one attached hydrogen (secondary N) is 2. The van der Waals surface area contributed by atoms with Gasteiger partial charge in [0.15, 0.2) is 0 Å². The molecule has 0 aromatic carbocycles. The molecule has 1 aliphatic rings. The van der Waals surface area contributed by atoms with Crippen molar-refractivity contribution in [2.45, 2.75) is 31.8 Å². The van der Waals surface area contributed by atoms with E-state index in [0.29, 0.717) is 6.04 Å². The van der Waals surface area contributed by atoms with Crippen molar-refractivity contribution < 1.29 is 8.42 Å². The highest BCUT2D eigenvalue weighted by molar-refractivity contribution is 7.90. The molecule has 1 aliphatic heterocycles. The molecule has 4 nitrogen and oxygen atoms in total. The summed E-state index contributed by atoms with van der Waals surface area (Å²) in [6, 6.07) is 0.543. The Hall–Kier alpha value is -0.130. The first kappa shape index (κ1) is 11.9. The molecule has 0 bridgehead atoms. The highest BCUT2D eigenvalue weighted by Crippen LogP contribution is 2.03. The Morgan fingerprint density at radius 2 is 2.00 bits per heavy atom. The maximum absolute atomic E-state index is 11.0. The van der Waals surface area contributed by atoms with E-state index in [-0.39, 0.29) is 11.8 Å². The van der Waals surface area contributed by atoms with Crippen molar-refractivity contribution in [2.24, 2.45) is 0 Å². The van der Waals surface area contributed by atoms with Gasteiger partial charge >= 0.3 is 0 Å². The summed E-state index contributed by atoms with van der Waals surface area (Å²) in [6.07, 6.45) is 3.47. The molecule has 1 saturated heterocycles. The van der Waals surface area contributed by atoms with Gasteiger partial charge in [0.05, 0.1) is 5.75 Å². The molecular weight excluding hydrogens is 200 g/mol. The van der Waals surface area contributed by atoms with Gasteiger partial charge < -0.3 is 10.6 Å². The summed E-state index contributed by atoms with van der Waals surface area (Å²) in [4.78, 5) is 0. The Bertz CT molecular complexity index is 258. The van der Waals surface area contributed by atoms with Gasteiger partial charge in [-0.3, -0.25) is 0 Å². The first-order valence-corrected chi connectivity index (χ1v) is 7.18. The summed E-state index contributed by atoms with van der Waals surface area (Å²) < 4.78 is 22.1. The summed E-state index contributed by atoms with van der Waals surface area (Å²) in [5, 5.41) is 6.63. The second-order valence-corrected chi connectivity index (χ2v) is 6.37. The van der Waals surface area contributed by atoms with Crippen LogP contribution in [0.5, 0.6) is 0 Å². The van der Waals surface area contributed by atoms with Crippen molar-refractivity contribution in [2.75, 3.05) is 25.1 Å². The minimum atomic E-state index is -2.85. The van der Waals surface area contributed by atoms with Gasteiger partial charge in [-0.25, -0.2) is 8.42 Å². The second kappa shape index (κ2) is 5.09. The number of hydrogen-bond donors (Lipinski definition) is 2. The number of hydrogen-bond acceptors (Lipinski definition) is 4. The van der Waals surface area contributed by atoms with Crippen LogP contribution in [0.25, 0.3) is 0 Å². The number of sulfone groups is 1. The Kier molecular flexibility index (Phi) is 4.34.